The molecule has 114 valence electrons. The first-order chi connectivity index (χ1) is 10.5. The summed E-state index contributed by atoms with van der Waals surface area (Å²) in [6, 6.07) is 9.74. The first-order valence-electron chi connectivity index (χ1n) is 6.25. The number of halogens is 1. The smallest absolute Gasteiger partial charge is 0.263 e. The van der Waals surface area contributed by atoms with Crippen molar-refractivity contribution in [2.24, 2.45) is 0 Å². The van der Waals surface area contributed by atoms with Gasteiger partial charge in [-0.25, -0.2) is 8.42 Å². The van der Waals surface area contributed by atoms with Crippen molar-refractivity contribution < 1.29 is 12.9 Å². The molecule has 8 heteroatoms. The molecule has 0 saturated carbocycles. The summed E-state index contributed by atoms with van der Waals surface area (Å²) in [5.41, 5.74) is 0.455. The maximum Gasteiger partial charge on any atom is 0.263 e. The van der Waals surface area contributed by atoms with Gasteiger partial charge in [0, 0.05) is 21.7 Å². The van der Waals surface area contributed by atoms with Crippen LogP contribution in [0.25, 0.3) is 10.6 Å². The van der Waals surface area contributed by atoms with E-state index < -0.39 is 10.0 Å². The molecule has 0 spiro atoms. The van der Waals surface area contributed by atoms with Gasteiger partial charge in [0.05, 0.1) is 11.1 Å². The van der Waals surface area contributed by atoms with Crippen LogP contribution in [0.1, 0.15) is 4.88 Å². The molecule has 0 aliphatic rings. The third-order valence-electron chi connectivity index (χ3n) is 2.94. The van der Waals surface area contributed by atoms with E-state index in [1.54, 1.807) is 43.3 Å². The zero-order valence-corrected chi connectivity index (χ0v) is 13.8. The van der Waals surface area contributed by atoms with E-state index in [9.17, 15) is 8.42 Å². The van der Waals surface area contributed by atoms with E-state index in [1.807, 2.05) is 0 Å². The van der Waals surface area contributed by atoms with Crippen LogP contribution in [0.4, 0.5) is 5.69 Å². The lowest BCUT2D eigenvalue weighted by atomic mass is 10.3. The van der Waals surface area contributed by atoms with Crippen LogP contribution in [0.15, 0.2) is 52.0 Å². The van der Waals surface area contributed by atoms with Crippen molar-refractivity contribution in [2.75, 3.05) is 4.72 Å². The lowest BCUT2D eigenvalue weighted by Gasteiger charge is -2.07. The van der Waals surface area contributed by atoms with Gasteiger partial charge in [-0.1, -0.05) is 16.8 Å². The van der Waals surface area contributed by atoms with E-state index in [-0.39, 0.29) is 4.90 Å². The van der Waals surface area contributed by atoms with Crippen LogP contribution in [0, 0.1) is 6.92 Å². The number of rotatable bonds is 4. The molecule has 2 heterocycles. The molecule has 0 fully saturated rings. The Morgan fingerprint density at radius 1 is 1.23 bits per heavy atom. The van der Waals surface area contributed by atoms with Crippen molar-refractivity contribution in [3.63, 3.8) is 0 Å². The molecule has 0 aliphatic heterocycles. The molecule has 22 heavy (non-hydrogen) atoms. The molecule has 3 rings (SSSR count). The van der Waals surface area contributed by atoms with Gasteiger partial charge in [-0.15, -0.1) is 11.3 Å². The monoisotopic (exact) mass is 354 g/mol. The summed E-state index contributed by atoms with van der Waals surface area (Å²) in [7, 11) is -3.67. The predicted octanol–water partition coefficient (Wildman–Crippen LogP) is 4.17. The topological polar surface area (TPSA) is 72.2 Å². The molecule has 0 unspecified atom stereocenters. The molecule has 3 aromatic rings. The zero-order valence-electron chi connectivity index (χ0n) is 11.4. The number of anilines is 1. The molecular formula is C14H11ClN2O3S2. The summed E-state index contributed by atoms with van der Waals surface area (Å²) in [6.07, 6.45) is 1.52. The van der Waals surface area contributed by atoms with Crippen molar-refractivity contribution >= 4 is 38.6 Å². The standard InChI is InChI=1S/C14H11ClN2O3S2/c1-9-14(8-13(21-9)12-6-7-16-20-12)22(18,19)17-11-4-2-10(15)3-5-11/h2-8,17H,1H3. The van der Waals surface area contributed by atoms with Gasteiger partial charge in [-0.2, -0.15) is 0 Å². The van der Waals surface area contributed by atoms with E-state index in [4.69, 9.17) is 16.1 Å². The largest absolute Gasteiger partial charge is 0.355 e. The fourth-order valence-corrected chi connectivity index (χ4v) is 4.66. The minimum atomic E-state index is -3.67. The third kappa shape index (κ3) is 3.01. The Hall–Kier alpha value is -1.83. The van der Waals surface area contributed by atoms with E-state index in [0.29, 0.717) is 26.2 Å². The number of aryl methyl sites for hydroxylation is 1. The second-order valence-corrected chi connectivity index (χ2v) is 7.86. The van der Waals surface area contributed by atoms with E-state index in [0.717, 1.165) is 0 Å². The summed E-state index contributed by atoms with van der Waals surface area (Å²) in [5, 5.41) is 4.17. The van der Waals surface area contributed by atoms with Gasteiger partial charge in [0.2, 0.25) is 0 Å². The van der Waals surface area contributed by atoms with Crippen LogP contribution < -0.4 is 4.72 Å². The molecule has 0 bridgehead atoms. The van der Waals surface area contributed by atoms with E-state index in [2.05, 4.69) is 9.88 Å². The van der Waals surface area contributed by atoms with Crippen molar-refractivity contribution in [1.82, 2.24) is 5.16 Å². The minimum absolute atomic E-state index is 0.221. The summed E-state index contributed by atoms with van der Waals surface area (Å²) < 4.78 is 32.6. The highest BCUT2D eigenvalue weighted by Crippen LogP contribution is 2.34. The molecule has 5 nitrogen and oxygen atoms in total. The average molecular weight is 355 g/mol. The molecule has 2 aromatic heterocycles. The van der Waals surface area contributed by atoms with Gasteiger partial charge in [0.15, 0.2) is 5.76 Å². The predicted molar refractivity (Wildman–Crippen MR) is 86.8 cm³/mol. The second-order valence-electron chi connectivity index (χ2n) is 4.52. The van der Waals surface area contributed by atoms with Gasteiger partial charge >= 0.3 is 0 Å². The normalized spacial score (nSPS) is 11.5. The Morgan fingerprint density at radius 3 is 2.59 bits per heavy atom. The van der Waals surface area contributed by atoms with Crippen molar-refractivity contribution in [1.29, 1.82) is 0 Å². The second kappa shape index (κ2) is 5.75. The van der Waals surface area contributed by atoms with E-state index in [1.165, 1.54) is 17.5 Å². The summed E-state index contributed by atoms with van der Waals surface area (Å²) in [4.78, 5) is 1.61. The van der Waals surface area contributed by atoms with Crippen LogP contribution in [-0.2, 0) is 10.0 Å². The first kappa shape index (κ1) is 15.1. The summed E-state index contributed by atoms with van der Waals surface area (Å²) in [6.45, 7) is 1.75. The number of nitrogens with one attached hydrogen (secondary N) is 1. The number of aromatic nitrogens is 1. The van der Waals surface area contributed by atoms with Crippen LogP contribution in [0.5, 0.6) is 0 Å². The van der Waals surface area contributed by atoms with Crippen LogP contribution >= 0.6 is 22.9 Å². The van der Waals surface area contributed by atoms with Gasteiger partial charge in [-0.05, 0) is 37.3 Å². The molecule has 0 aliphatic carbocycles. The molecule has 0 saturated heterocycles. The van der Waals surface area contributed by atoms with Crippen LogP contribution in [0.2, 0.25) is 5.02 Å². The van der Waals surface area contributed by atoms with Crippen LogP contribution in [-0.4, -0.2) is 13.6 Å². The lowest BCUT2D eigenvalue weighted by Crippen LogP contribution is -2.12. The Balaban J connectivity index is 1.94. The first-order valence-corrected chi connectivity index (χ1v) is 8.93. The fraction of sp³-hybridized carbons (Fsp3) is 0.0714. The van der Waals surface area contributed by atoms with Crippen molar-refractivity contribution in [3.05, 3.63) is 52.5 Å². The highest BCUT2D eigenvalue weighted by Gasteiger charge is 2.21. The molecule has 0 amide bonds. The molecular weight excluding hydrogens is 344 g/mol. The maximum atomic E-state index is 12.5. The highest BCUT2D eigenvalue weighted by atomic mass is 35.5. The van der Waals surface area contributed by atoms with Gasteiger partial charge in [-0.3, -0.25) is 4.72 Å². The number of sulfonamides is 1. The highest BCUT2D eigenvalue weighted by molar-refractivity contribution is 7.93. The zero-order chi connectivity index (χ0) is 15.7. The Labute approximate surface area is 136 Å². The number of hydrogen-bond donors (Lipinski definition) is 1. The van der Waals surface area contributed by atoms with Gasteiger partial charge < -0.3 is 4.52 Å². The summed E-state index contributed by atoms with van der Waals surface area (Å²) in [5.74, 6) is 0.543. The SMILES string of the molecule is Cc1sc(-c2ccno2)cc1S(=O)(=O)Nc1ccc(Cl)cc1. The van der Waals surface area contributed by atoms with Crippen LogP contribution in [0.3, 0.4) is 0 Å². The van der Waals surface area contributed by atoms with Gasteiger partial charge in [0.1, 0.15) is 4.90 Å². The van der Waals surface area contributed by atoms with Gasteiger partial charge in [0.25, 0.3) is 10.0 Å². The van der Waals surface area contributed by atoms with E-state index >= 15 is 0 Å². The molecule has 1 aromatic carbocycles. The third-order valence-corrected chi connectivity index (χ3v) is 5.89. The fourth-order valence-electron chi connectivity index (χ4n) is 1.92. The quantitative estimate of drug-likeness (QED) is 0.763. The average Bonchev–Trinajstić information content (AvgIpc) is 3.10. The Bertz CT molecular complexity index is 885. The van der Waals surface area contributed by atoms with Crippen molar-refractivity contribution in [3.8, 4) is 10.6 Å². The Kier molecular flexibility index (Phi) is 3.94. The molecule has 1 N–H and O–H groups in total. The maximum absolute atomic E-state index is 12.5. The number of thiophene rings is 1. The summed E-state index contributed by atoms with van der Waals surface area (Å²) >= 11 is 7.13. The minimum Gasteiger partial charge on any atom is -0.355 e. The lowest BCUT2D eigenvalue weighted by molar-refractivity contribution is 0.433. The number of benzene rings is 1. The molecule has 0 radical (unpaired) electrons. The number of nitrogens with zero attached hydrogens (tertiary/aromatic N) is 1. The van der Waals surface area contributed by atoms with Crippen molar-refractivity contribution in [2.45, 2.75) is 11.8 Å². The number of hydrogen-bond acceptors (Lipinski definition) is 5. The Morgan fingerprint density at radius 2 is 1.95 bits per heavy atom. The molecule has 0 atom stereocenters.